The van der Waals surface area contributed by atoms with Crippen LogP contribution in [0.15, 0.2) is 21.3 Å². The van der Waals surface area contributed by atoms with Crippen molar-refractivity contribution < 1.29 is 28.5 Å². The first-order chi connectivity index (χ1) is 14.6. The van der Waals surface area contributed by atoms with Gasteiger partial charge in [0.05, 0.1) is 0 Å². The van der Waals surface area contributed by atoms with Crippen LogP contribution in [-0.4, -0.2) is 34.5 Å². The van der Waals surface area contributed by atoms with Crippen LogP contribution >= 0.6 is 0 Å². The van der Waals surface area contributed by atoms with Crippen LogP contribution in [0, 0.1) is 12.8 Å². The van der Waals surface area contributed by atoms with Crippen molar-refractivity contribution in [2.24, 2.45) is 5.92 Å². The van der Waals surface area contributed by atoms with E-state index in [9.17, 15) is 14.7 Å². The molecule has 166 valence electrons. The number of carbonyl (C=O) groups is 1. The number of aryl methyl sites for hydroxylation is 1. The number of esters is 1. The summed E-state index contributed by atoms with van der Waals surface area (Å²) in [4.78, 5) is 25.5. The maximum Gasteiger partial charge on any atom is 0.341 e. The second-order valence-electron chi connectivity index (χ2n) is 9.79. The SMILES string of the molecule is Cc1cc(=O)c2c(O)c3c(cc2o1)OC(C)(C)C(OC(=O)C1(C)OC1C1CCCC1)C3. The maximum atomic E-state index is 13.0. The van der Waals surface area contributed by atoms with E-state index in [-0.39, 0.29) is 34.7 Å². The highest BCUT2D eigenvalue weighted by molar-refractivity contribution is 5.87. The number of hydrogen-bond acceptors (Lipinski definition) is 7. The van der Waals surface area contributed by atoms with Crippen LogP contribution in [-0.2, 0) is 20.7 Å². The molecule has 2 fully saturated rings. The van der Waals surface area contributed by atoms with E-state index < -0.39 is 23.3 Å². The van der Waals surface area contributed by atoms with Crippen LogP contribution < -0.4 is 10.2 Å². The van der Waals surface area contributed by atoms with Gasteiger partial charge in [-0.2, -0.15) is 0 Å². The van der Waals surface area contributed by atoms with E-state index in [1.54, 1.807) is 19.9 Å². The van der Waals surface area contributed by atoms with E-state index in [1.165, 1.54) is 18.9 Å². The third kappa shape index (κ3) is 3.21. The number of hydrogen-bond donors (Lipinski definition) is 1. The van der Waals surface area contributed by atoms with Crippen LogP contribution in [0.1, 0.15) is 57.8 Å². The summed E-state index contributed by atoms with van der Waals surface area (Å²) in [7, 11) is 0. The molecule has 1 saturated heterocycles. The summed E-state index contributed by atoms with van der Waals surface area (Å²) in [5.41, 5.74) is -1.37. The van der Waals surface area contributed by atoms with E-state index in [0.29, 0.717) is 23.0 Å². The molecule has 1 saturated carbocycles. The number of fused-ring (bicyclic) bond motifs is 2. The van der Waals surface area contributed by atoms with Gasteiger partial charge in [-0.3, -0.25) is 4.79 Å². The average molecular weight is 428 g/mol. The van der Waals surface area contributed by atoms with E-state index >= 15 is 0 Å². The van der Waals surface area contributed by atoms with Gasteiger partial charge in [0.15, 0.2) is 11.0 Å². The van der Waals surface area contributed by atoms with Crippen LogP contribution in [0.4, 0.5) is 0 Å². The molecule has 0 radical (unpaired) electrons. The van der Waals surface area contributed by atoms with Crippen molar-refractivity contribution in [3.63, 3.8) is 0 Å². The van der Waals surface area contributed by atoms with Crippen LogP contribution in [0.3, 0.4) is 0 Å². The van der Waals surface area contributed by atoms with Gasteiger partial charge in [-0.05, 0) is 46.5 Å². The summed E-state index contributed by atoms with van der Waals surface area (Å²) >= 11 is 0. The van der Waals surface area contributed by atoms with Crippen molar-refractivity contribution in [2.45, 2.75) is 83.2 Å². The first kappa shape index (κ1) is 20.4. The van der Waals surface area contributed by atoms with Crippen LogP contribution in [0.2, 0.25) is 0 Å². The third-order valence-corrected chi connectivity index (χ3v) is 7.06. The normalized spacial score (nSPS) is 29.4. The fourth-order valence-electron chi connectivity index (χ4n) is 5.14. The lowest BCUT2D eigenvalue weighted by molar-refractivity contribution is -0.167. The fraction of sp³-hybridized carbons (Fsp3) is 0.583. The summed E-state index contributed by atoms with van der Waals surface area (Å²) in [5.74, 6) is 0.703. The average Bonchev–Trinajstić information content (AvgIpc) is 3.10. The molecule has 2 aromatic rings. The number of ether oxygens (including phenoxy) is 3. The Morgan fingerprint density at radius 1 is 1.19 bits per heavy atom. The molecular formula is C24H28O7. The van der Waals surface area contributed by atoms with Crippen LogP contribution in [0.5, 0.6) is 11.5 Å². The lowest BCUT2D eigenvalue weighted by Gasteiger charge is -2.39. The number of rotatable bonds is 3. The van der Waals surface area contributed by atoms with E-state index in [1.807, 2.05) is 13.8 Å². The zero-order valence-corrected chi connectivity index (χ0v) is 18.3. The topological polar surface area (TPSA) is 98.5 Å². The second kappa shape index (κ2) is 6.73. The van der Waals surface area contributed by atoms with Gasteiger partial charge in [-0.1, -0.05) is 12.8 Å². The smallest absolute Gasteiger partial charge is 0.341 e. The van der Waals surface area contributed by atoms with Gasteiger partial charge < -0.3 is 23.7 Å². The molecule has 3 heterocycles. The number of epoxide rings is 1. The van der Waals surface area contributed by atoms with Gasteiger partial charge in [0, 0.05) is 24.1 Å². The minimum Gasteiger partial charge on any atom is -0.507 e. The Labute approximate surface area is 180 Å². The first-order valence-electron chi connectivity index (χ1n) is 11.0. The van der Waals surface area contributed by atoms with Gasteiger partial charge >= 0.3 is 5.97 Å². The predicted molar refractivity (Wildman–Crippen MR) is 112 cm³/mol. The summed E-state index contributed by atoms with van der Waals surface area (Å²) in [6.07, 6.45) is 4.02. The summed E-state index contributed by atoms with van der Waals surface area (Å²) in [5, 5.41) is 10.9. The Morgan fingerprint density at radius 2 is 1.90 bits per heavy atom. The molecule has 31 heavy (non-hydrogen) atoms. The molecule has 3 unspecified atom stereocenters. The Hall–Kier alpha value is -2.54. The molecule has 2 aliphatic heterocycles. The largest absolute Gasteiger partial charge is 0.507 e. The highest BCUT2D eigenvalue weighted by Gasteiger charge is 2.63. The van der Waals surface area contributed by atoms with Gasteiger partial charge in [0.1, 0.15) is 46.0 Å². The van der Waals surface area contributed by atoms with Crippen LogP contribution in [0.25, 0.3) is 11.0 Å². The van der Waals surface area contributed by atoms with Crippen molar-refractivity contribution in [3.05, 3.63) is 33.7 Å². The number of phenolic OH excluding ortho intramolecular Hbond substituents is 1. The molecule has 3 atom stereocenters. The fourth-order valence-corrected chi connectivity index (χ4v) is 5.14. The molecule has 5 rings (SSSR count). The molecule has 0 spiro atoms. The second-order valence-corrected chi connectivity index (χ2v) is 9.79. The molecule has 3 aliphatic rings. The zero-order valence-electron chi connectivity index (χ0n) is 18.3. The predicted octanol–water partition coefficient (Wildman–Crippen LogP) is 3.78. The van der Waals surface area contributed by atoms with Gasteiger partial charge in [-0.15, -0.1) is 0 Å². The quantitative estimate of drug-likeness (QED) is 0.587. The molecule has 7 heteroatoms. The first-order valence-corrected chi connectivity index (χ1v) is 11.0. The Kier molecular flexibility index (Phi) is 4.42. The minimum atomic E-state index is -0.921. The highest BCUT2D eigenvalue weighted by Crippen LogP contribution is 2.49. The minimum absolute atomic E-state index is 0.0902. The van der Waals surface area contributed by atoms with Crippen molar-refractivity contribution in [3.8, 4) is 11.5 Å². The monoisotopic (exact) mass is 428 g/mol. The van der Waals surface area contributed by atoms with E-state index in [4.69, 9.17) is 18.6 Å². The molecule has 7 nitrogen and oxygen atoms in total. The Morgan fingerprint density at radius 3 is 2.61 bits per heavy atom. The summed E-state index contributed by atoms with van der Waals surface area (Å²) < 4.78 is 23.5. The Balaban J connectivity index is 1.43. The number of benzene rings is 1. The number of aromatic hydroxyl groups is 1. The molecule has 1 aliphatic carbocycles. The zero-order chi connectivity index (χ0) is 22.1. The molecule has 1 N–H and O–H groups in total. The highest BCUT2D eigenvalue weighted by atomic mass is 16.7. The summed E-state index contributed by atoms with van der Waals surface area (Å²) in [6.45, 7) is 7.15. The summed E-state index contributed by atoms with van der Waals surface area (Å²) in [6, 6.07) is 2.97. The van der Waals surface area contributed by atoms with Crippen molar-refractivity contribution in [1.82, 2.24) is 0 Å². The molecule has 0 amide bonds. The lowest BCUT2D eigenvalue weighted by atomic mass is 9.89. The third-order valence-electron chi connectivity index (χ3n) is 7.06. The van der Waals surface area contributed by atoms with Gasteiger partial charge in [0.25, 0.3) is 0 Å². The van der Waals surface area contributed by atoms with Gasteiger partial charge in [0.2, 0.25) is 0 Å². The van der Waals surface area contributed by atoms with Crippen molar-refractivity contribution >= 4 is 16.9 Å². The maximum absolute atomic E-state index is 13.0. The molecule has 0 bridgehead atoms. The molecular weight excluding hydrogens is 400 g/mol. The van der Waals surface area contributed by atoms with E-state index in [0.717, 1.165) is 12.8 Å². The standard InChI is InChI=1S/C24H28O7/c1-12-9-15(25)19-17(28-12)11-16-14(20(19)26)10-18(23(2,3)30-16)29-22(27)24(4)21(31-24)13-7-5-6-8-13/h9,11,13,18,21,26H,5-8,10H2,1-4H3. The van der Waals surface area contributed by atoms with Gasteiger partial charge in [-0.25, -0.2) is 4.79 Å². The molecule has 1 aromatic carbocycles. The molecule has 1 aromatic heterocycles. The number of carbonyl (C=O) groups excluding carboxylic acids is 1. The number of phenols is 1. The van der Waals surface area contributed by atoms with Crippen molar-refractivity contribution in [1.29, 1.82) is 0 Å². The van der Waals surface area contributed by atoms with Crippen molar-refractivity contribution in [2.75, 3.05) is 0 Å². The lowest BCUT2D eigenvalue weighted by Crippen LogP contribution is -2.50. The van der Waals surface area contributed by atoms with E-state index in [2.05, 4.69) is 0 Å². The Bertz CT molecular complexity index is 1120.